The van der Waals surface area contributed by atoms with Crippen molar-refractivity contribution >= 4 is 5.97 Å². The van der Waals surface area contributed by atoms with Crippen molar-refractivity contribution in [2.24, 2.45) is 0 Å². The van der Waals surface area contributed by atoms with E-state index in [-0.39, 0.29) is 32.4 Å². The molecule has 0 heterocycles. The van der Waals surface area contributed by atoms with Crippen LogP contribution in [0.1, 0.15) is 69.9 Å². The van der Waals surface area contributed by atoms with Gasteiger partial charge in [-0.25, -0.2) is 4.79 Å². The first-order chi connectivity index (χ1) is 19.9. The normalized spacial score (nSPS) is 12.0. The van der Waals surface area contributed by atoms with E-state index >= 15 is 0 Å². The van der Waals surface area contributed by atoms with Crippen LogP contribution in [-0.2, 0) is 61.5 Å². The zero-order valence-electron chi connectivity index (χ0n) is 25.0. The number of methoxy groups -OCH3 is 4. The van der Waals surface area contributed by atoms with Gasteiger partial charge in [-0.3, -0.25) is 0 Å². The molecule has 3 aromatic rings. The Morgan fingerprint density at radius 2 is 1.20 bits per heavy atom. The summed E-state index contributed by atoms with van der Waals surface area (Å²) in [6.07, 6.45) is 1.04. The minimum Gasteiger partial charge on any atom is -0.507 e. The van der Waals surface area contributed by atoms with E-state index in [1.54, 1.807) is 40.6 Å². The topological polar surface area (TPSA) is 92.7 Å². The molecule has 0 bridgehead atoms. The van der Waals surface area contributed by atoms with Crippen molar-refractivity contribution < 1.29 is 38.3 Å². The molecule has 0 aliphatic heterocycles. The lowest BCUT2D eigenvalue weighted by molar-refractivity contribution is -0.0388. The minimum atomic E-state index is -0.434. The Bertz CT molecular complexity index is 1210. The molecule has 0 spiro atoms. The van der Waals surface area contributed by atoms with E-state index in [0.717, 1.165) is 34.2 Å². The number of phenolic OH excluding ortho intramolecular Hbond substituents is 1. The number of carbonyl (C=O) groups excluding carboxylic acids is 1. The molecule has 3 aromatic carbocycles. The van der Waals surface area contributed by atoms with E-state index in [1.807, 2.05) is 36.4 Å². The van der Waals surface area contributed by atoms with Gasteiger partial charge in [-0.1, -0.05) is 26.0 Å². The van der Waals surface area contributed by atoms with E-state index in [4.69, 9.17) is 28.4 Å². The van der Waals surface area contributed by atoms with Crippen LogP contribution in [-0.4, -0.2) is 46.3 Å². The molecule has 0 aliphatic carbocycles. The summed E-state index contributed by atoms with van der Waals surface area (Å²) in [6.45, 7) is 5.53. The highest BCUT2D eigenvalue weighted by Crippen LogP contribution is 2.34. The third-order valence-corrected chi connectivity index (χ3v) is 7.08. The van der Waals surface area contributed by atoms with Gasteiger partial charge in [-0.05, 0) is 82.1 Å². The summed E-state index contributed by atoms with van der Waals surface area (Å²) < 4.78 is 32.8. The molecule has 1 N–H and O–H groups in total. The first kappa shape index (κ1) is 32.2. The Morgan fingerprint density at radius 3 is 1.66 bits per heavy atom. The smallest absolute Gasteiger partial charge is 0.340 e. The predicted octanol–water partition coefficient (Wildman–Crippen LogP) is 6.49. The number of aromatic hydroxyl groups is 1. The van der Waals surface area contributed by atoms with Crippen LogP contribution in [0.15, 0.2) is 48.5 Å². The Kier molecular flexibility index (Phi) is 12.8. The van der Waals surface area contributed by atoms with E-state index in [9.17, 15) is 9.90 Å². The first-order valence-corrected chi connectivity index (χ1v) is 13.7. The maximum atomic E-state index is 12.5. The quantitative estimate of drug-likeness (QED) is 0.120. The molecule has 0 amide bonds. The summed E-state index contributed by atoms with van der Waals surface area (Å²) in [5.41, 5.74) is 7.57. The van der Waals surface area contributed by atoms with Crippen molar-refractivity contribution in [2.75, 3.05) is 35.2 Å². The van der Waals surface area contributed by atoms with Crippen LogP contribution in [0.4, 0.5) is 0 Å². The van der Waals surface area contributed by atoms with Crippen molar-refractivity contribution in [3.63, 3.8) is 0 Å². The van der Waals surface area contributed by atoms with Crippen LogP contribution < -0.4 is 0 Å². The van der Waals surface area contributed by atoms with Gasteiger partial charge in [0.25, 0.3) is 0 Å². The lowest BCUT2D eigenvalue weighted by Gasteiger charge is -2.19. The molecule has 3 rings (SSSR count). The van der Waals surface area contributed by atoms with Crippen molar-refractivity contribution in [2.45, 2.75) is 59.2 Å². The lowest BCUT2D eigenvalue weighted by atomic mass is 9.92. The maximum Gasteiger partial charge on any atom is 0.340 e. The summed E-state index contributed by atoms with van der Waals surface area (Å²) in [6, 6.07) is 15.4. The monoisotopic (exact) mass is 566 g/mol. The van der Waals surface area contributed by atoms with E-state index in [2.05, 4.69) is 13.8 Å². The molecule has 0 saturated carbocycles. The highest BCUT2D eigenvalue weighted by molar-refractivity contribution is 5.89. The molecule has 0 saturated heterocycles. The summed E-state index contributed by atoms with van der Waals surface area (Å²) >= 11 is 0. The van der Waals surface area contributed by atoms with Crippen LogP contribution in [0.25, 0.3) is 11.1 Å². The SMILES string of the molecule is CCC(C)c1ccc(C(=O)OCOCc2c(COC)cc(-c3cc(COC)c(O)c(COC)c3)cc2COC)cc1. The summed E-state index contributed by atoms with van der Waals surface area (Å²) in [4.78, 5) is 12.5. The van der Waals surface area contributed by atoms with Gasteiger partial charge < -0.3 is 33.5 Å². The summed E-state index contributed by atoms with van der Waals surface area (Å²) in [7, 11) is 6.45. The molecule has 8 nitrogen and oxygen atoms in total. The van der Waals surface area contributed by atoms with Gasteiger partial charge in [-0.15, -0.1) is 0 Å². The summed E-state index contributed by atoms with van der Waals surface area (Å²) in [5, 5.41) is 10.7. The molecule has 0 radical (unpaired) electrons. The molecular weight excluding hydrogens is 524 g/mol. The van der Waals surface area contributed by atoms with Gasteiger partial charge in [-0.2, -0.15) is 0 Å². The average molecular weight is 567 g/mol. The van der Waals surface area contributed by atoms with Gasteiger partial charge in [0.15, 0.2) is 6.79 Å². The number of ether oxygens (including phenoxy) is 6. The van der Waals surface area contributed by atoms with Gasteiger partial charge in [0, 0.05) is 39.6 Å². The van der Waals surface area contributed by atoms with E-state index < -0.39 is 5.97 Å². The zero-order valence-corrected chi connectivity index (χ0v) is 25.0. The van der Waals surface area contributed by atoms with Crippen LogP contribution in [0.5, 0.6) is 5.75 Å². The number of hydrogen-bond acceptors (Lipinski definition) is 8. The Labute approximate surface area is 243 Å². The van der Waals surface area contributed by atoms with Crippen LogP contribution in [0.3, 0.4) is 0 Å². The minimum absolute atomic E-state index is 0.165. The molecule has 1 atom stereocenters. The molecule has 1 unspecified atom stereocenters. The largest absolute Gasteiger partial charge is 0.507 e. The number of carbonyl (C=O) groups is 1. The van der Waals surface area contributed by atoms with Gasteiger partial charge in [0.2, 0.25) is 0 Å². The third-order valence-electron chi connectivity index (χ3n) is 7.08. The predicted molar refractivity (Wildman–Crippen MR) is 157 cm³/mol. The van der Waals surface area contributed by atoms with E-state index in [1.165, 1.54) is 5.56 Å². The van der Waals surface area contributed by atoms with Crippen LogP contribution in [0.2, 0.25) is 0 Å². The van der Waals surface area contributed by atoms with E-state index in [0.29, 0.717) is 35.8 Å². The van der Waals surface area contributed by atoms with Gasteiger partial charge >= 0.3 is 5.97 Å². The second-order valence-corrected chi connectivity index (χ2v) is 9.98. The van der Waals surface area contributed by atoms with Crippen LogP contribution in [0, 0.1) is 0 Å². The highest BCUT2D eigenvalue weighted by Gasteiger charge is 2.17. The zero-order chi connectivity index (χ0) is 29.8. The standard InChI is InChI=1S/C33H42O8/c1-7-22(2)23-8-10-24(11-9-23)33(35)41-21-40-20-31-27(16-36-3)12-25(13-28(31)17-37-4)26-14-29(18-38-5)32(34)30(15-26)19-39-6/h8-15,22,34H,7,16-21H2,1-6H3. The van der Waals surface area contributed by atoms with Crippen LogP contribution >= 0.6 is 0 Å². The number of rotatable bonds is 16. The third kappa shape index (κ3) is 8.61. The lowest BCUT2D eigenvalue weighted by Crippen LogP contribution is -2.11. The molecule has 8 heteroatoms. The first-order valence-electron chi connectivity index (χ1n) is 13.7. The number of hydrogen-bond donors (Lipinski definition) is 1. The molecule has 222 valence electrons. The number of benzene rings is 3. The fraction of sp³-hybridized carbons (Fsp3) is 0.424. The molecule has 0 aromatic heterocycles. The fourth-order valence-corrected chi connectivity index (χ4v) is 4.68. The van der Waals surface area contributed by atoms with Gasteiger partial charge in [0.1, 0.15) is 5.75 Å². The van der Waals surface area contributed by atoms with Crippen molar-refractivity contribution in [3.05, 3.63) is 87.5 Å². The fourth-order valence-electron chi connectivity index (χ4n) is 4.68. The summed E-state index contributed by atoms with van der Waals surface area (Å²) in [5.74, 6) is 0.167. The average Bonchev–Trinajstić information content (AvgIpc) is 2.98. The molecule has 0 fully saturated rings. The maximum absolute atomic E-state index is 12.5. The molecular formula is C33H42O8. The second-order valence-electron chi connectivity index (χ2n) is 9.98. The Balaban J connectivity index is 1.81. The Hall–Kier alpha value is -3.27. The molecule has 41 heavy (non-hydrogen) atoms. The second kappa shape index (κ2) is 16.2. The number of esters is 1. The molecule has 0 aliphatic rings. The number of phenols is 1. The van der Waals surface area contributed by atoms with Crippen molar-refractivity contribution in [1.82, 2.24) is 0 Å². The van der Waals surface area contributed by atoms with Crippen molar-refractivity contribution in [1.29, 1.82) is 0 Å². The van der Waals surface area contributed by atoms with Gasteiger partial charge in [0.05, 0.1) is 38.6 Å². The highest BCUT2D eigenvalue weighted by atomic mass is 16.7. The Morgan fingerprint density at radius 1 is 0.732 bits per heavy atom. The van der Waals surface area contributed by atoms with Crippen molar-refractivity contribution in [3.8, 4) is 16.9 Å².